The van der Waals surface area contributed by atoms with Crippen LogP contribution in [0.25, 0.3) is 0 Å². The highest BCUT2D eigenvalue weighted by atomic mass is 31.2. The summed E-state index contributed by atoms with van der Waals surface area (Å²) in [5, 5.41) is 20.7. The van der Waals surface area contributed by atoms with Gasteiger partial charge in [-0.15, -0.1) is 0 Å². The SMILES string of the molecule is CCCCCCCCCCCCCCC(=O)O[C@H](COC(=O)CCC/C=C\C[C@H]1[C@@H](O)CC(=O)[C@@H]1/C=C/[C@@H](O)CCCCC)COP(=O)([O-])OCC[N+](C)(C)C. The summed E-state index contributed by atoms with van der Waals surface area (Å²) in [6.07, 6.45) is 24.3. The minimum atomic E-state index is -4.68. The average molecular weight is 816 g/mol. The van der Waals surface area contributed by atoms with Crippen LogP contribution in [0.1, 0.15) is 155 Å². The molecule has 0 bridgehead atoms. The van der Waals surface area contributed by atoms with Crippen molar-refractivity contribution in [2.75, 3.05) is 47.5 Å². The standard InChI is InChI=1S/C43H78NO11P/c1-6-8-10-11-12-13-14-15-16-17-18-24-28-43(49)55-37(35-54-56(50,51)53-32-31-44(3,4)5)34-52-42(48)27-23-20-19-22-26-38-39(41(47)33-40(38)46)30-29-36(45)25-21-9-7-2/h19,22,29-30,36-40,45-46H,6-18,20-21,23-28,31-35H2,1-5H3/b22-19-,30-29+/t36-,37+,38+,39+,40-/m0/s1. The van der Waals surface area contributed by atoms with Gasteiger partial charge in [-0.2, -0.15) is 0 Å². The monoisotopic (exact) mass is 816 g/mol. The second-order valence-electron chi connectivity index (χ2n) is 16.5. The number of likely N-dealkylation sites (N-methyl/N-ethyl adjacent to an activating group) is 1. The lowest BCUT2D eigenvalue weighted by Crippen LogP contribution is -2.37. The van der Waals surface area contributed by atoms with Gasteiger partial charge in [0.05, 0.1) is 40.0 Å². The number of quaternary nitrogens is 1. The summed E-state index contributed by atoms with van der Waals surface area (Å²) >= 11 is 0. The molecule has 1 unspecified atom stereocenters. The summed E-state index contributed by atoms with van der Waals surface area (Å²) in [6.45, 7) is 3.80. The van der Waals surface area contributed by atoms with Crippen molar-refractivity contribution in [1.29, 1.82) is 0 Å². The largest absolute Gasteiger partial charge is 0.756 e. The number of aliphatic hydroxyl groups excluding tert-OH is 2. The summed E-state index contributed by atoms with van der Waals surface area (Å²) in [4.78, 5) is 50.1. The minimum absolute atomic E-state index is 0.0279. The quantitative estimate of drug-likeness (QED) is 0.0210. The van der Waals surface area contributed by atoms with Crippen molar-refractivity contribution >= 4 is 25.5 Å². The summed E-state index contributed by atoms with van der Waals surface area (Å²) in [5.41, 5.74) is 0. The van der Waals surface area contributed by atoms with Crippen molar-refractivity contribution in [3.05, 3.63) is 24.3 Å². The van der Waals surface area contributed by atoms with Gasteiger partial charge >= 0.3 is 11.9 Å². The lowest BCUT2D eigenvalue weighted by molar-refractivity contribution is -0.870. The maximum Gasteiger partial charge on any atom is 0.306 e. The van der Waals surface area contributed by atoms with Crippen LogP contribution in [-0.4, -0.2) is 98.2 Å². The lowest BCUT2D eigenvalue weighted by atomic mass is 9.90. The Morgan fingerprint density at radius 1 is 0.839 bits per heavy atom. The number of allylic oxidation sites excluding steroid dienone is 3. The van der Waals surface area contributed by atoms with E-state index in [1.165, 1.54) is 51.4 Å². The first-order chi connectivity index (χ1) is 26.7. The van der Waals surface area contributed by atoms with Crippen molar-refractivity contribution in [2.24, 2.45) is 11.8 Å². The van der Waals surface area contributed by atoms with E-state index in [0.717, 1.165) is 38.5 Å². The van der Waals surface area contributed by atoms with Crippen molar-refractivity contribution in [1.82, 2.24) is 0 Å². The van der Waals surface area contributed by atoms with Gasteiger partial charge in [-0.1, -0.05) is 128 Å². The Bertz CT molecular complexity index is 1170. The molecule has 0 spiro atoms. The molecule has 1 aliphatic rings. The molecule has 0 saturated heterocycles. The van der Waals surface area contributed by atoms with Gasteiger partial charge < -0.3 is 38.1 Å². The zero-order chi connectivity index (χ0) is 41.7. The fourth-order valence-corrected chi connectivity index (χ4v) is 7.30. The molecular formula is C43H78NO11P. The van der Waals surface area contributed by atoms with Crippen LogP contribution >= 0.6 is 7.82 Å². The predicted molar refractivity (Wildman–Crippen MR) is 218 cm³/mol. The van der Waals surface area contributed by atoms with Gasteiger partial charge in [0.25, 0.3) is 7.82 Å². The third-order valence-corrected chi connectivity index (χ3v) is 11.1. The van der Waals surface area contributed by atoms with Gasteiger partial charge in [-0.25, -0.2) is 0 Å². The van der Waals surface area contributed by atoms with Gasteiger partial charge in [-0.05, 0) is 32.1 Å². The molecule has 56 heavy (non-hydrogen) atoms. The molecule has 6 atom stereocenters. The Morgan fingerprint density at radius 3 is 2.05 bits per heavy atom. The summed E-state index contributed by atoms with van der Waals surface area (Å²) < 4.78 is 33.8. The molecule has 326 valence electrons. The van der Waals surface area contributed by atoms with Crippen LogP contribution in [0, 0.1) is 11.8 Å². The number of unbranched alkanes of at least 4 members (excludes halogenated alkanes) is 14. The van der Waals surface area contributed by atoms with Gasteiger partial charge in [0.15, 0.2) is 6.10 Å². The molecule has 1 fully saturated rings. The van der Waals surface area contributed by atoms with Crippen molar-refractivity contribution < 1.29 is 57.1 Å². The highest BCUT2D eigenvalue weighted by Crippen LogP contribution is 2.38. The zero-order valence-electron chi connectivity index (χ0n) is 35.5. The summed E-state index contributed by atoms with van der Waals surface area (Å²) in [7, 11) is 1.02. The number of Topliss-reactive ketones (excluding diaryl/α,β-unsaturated/α-hetero) is 1. The first-order valence-corrected chi connectivity index (χ1v) is 23.1. The van der Waals surface area contributed by atoms with E-state index in [2.05, 4.69) is 13.8 Å². The Balaban J connectivity index is 2.52. The van der Waals surface area contributed by atoms with Crippen LogP contribution in [0.3, 0.4) is 0 Å². The maximum atomic E-state index is 12.7. The van der Waals surface area contributed by atoms with E-state index in [-0.39, 0.29) is 44.2 Å². The number of ether oxygens (including phenoxy) is 2. The van der Waals surface area contributed by atoms with E-state index in [4.69, 9.17) is 18.5 Å². The molecule has 0 aromatic heterocycles. The molecule has 1 saturated carbocycles. The third kappa shape index (κ3) is 27.7. The maximum absolute atomic E-state index is 12.7. The predicted octanol–water partition coefficient (Wildman–Crippen LogP) is 7.92. The highest BCUT2D eigenvalue weighted by Gasteiger charge is 2.39. The van der Waals surface area contributed by atoms with E-state index >= 15 is 0 Å². The Morgan fingerprint density at radius 2 is 1.43 bits per heavy atom. The number of phosphoric ester groups is 1. The molecule has 0 aromatic carbocycles. The van der Waals surface area contributed by atoms with E-state index in [1.807, 2.05) is 33.3 Å². The first-order valence-electron chi connectivity index (χ1n) is 21.6. The van der Waals surface area contributed by atoms with Crippen molar-refractivity contribution in [2.45, 2.75) is 173 Å². The number of aliphatic hydroxyl groups is 2. The molecule has 2 N–H and O–H groups in total. The van der Waals surface area contributed by atoms with Gasteiger partial charge in [-0.3, -0.25) is 18.9 Å². The number of esters is 2. The number of rotatable bonds is 35. The molecule has 1 rings (SSSR count). The molecule has 0 aromatic rings. The number of nitrogens with zero attached hydrogens (tertiary/aromatic N) is 1. The van der Waals surface area contributed by atoms with Crippen molar-refractivity contribution in [3.63, 3.8) is 0 Å². The number of carbonyl (C=O) groups is 3. The van der Waals surface area contributed by atoms with Crippen LogP contribution in [0.4, 0.5) is 0 Å². The lowest BCUT2D eigenvalue weighted by Gasteiger charge is -2.28. The summed E-state index contributed by atoms with van der Waals surface area (Å²) in [5.74, 6) is -1.76. The molecule has 0 amide bonds. The Labute approximate surface area is 339 Å². The van der Waals surface area contributed by atoms with Crippen molar-refractivity contribution in [3.8, 4) is 0 Å². The Kier molecular flexibility index (Phi) is 28.9. The van der Waals surface area contributed by atoms with Crippen LogP contribution in [0.2, 0.25) is 0 Å². The van der Waals surface area contributed by atoms with Gasteiger partial charge in [0.1, 0.15) is 25.5 Å². The highest BCUT2D eigenvalue weighted by molar-refractivity contribution is 7.45. The van der Waals surface area contributed by atoms with E-state index in [1.54, 1.807) is 12.2 Å². The normalized spacial score (nSPS) is 19.8. The van der Waals surface area contributed by atoms with Crippen LogP contribution in [0.15, 0.2) is 24.3 Å². The van der Waals surface area contributed by atoms with E-state index < -0.39 is 50.6 Å². The van der Waals surface area contributed by atoms with Crippen LogP contribution in [0.5, 0.6) is 0 Å². The number of carbonyl (C=O) groups excluding carboxylic acids is 3. The molecule has 1 aliphatic carbocycles. The smallest absolute Gasteiger partial charge is 0.306 e. The van der Waals surface area contributed by atoms with Crippen LogP contribution < -0.4 is 4.89 Å². The van der Waals surface area contributed by atoms with E-state index in [9.17, 15) is 34.1 Å². The van der Waals surface area contributed by atoms with Crippen LogP contribution in [-0.2, 0) is 37.5 Å². The van der Waals surface area contributed by atoms with E-state index in [0.29, 0.717) is 43.1 Å². The number of phosphoric acid groups is 1. The number of ketones is 1. The number of hydrogen-bond acceptors (Lipinski definition) is 11. The molecule has 0 aliphatic heterocycles. The minimum Gasteiger partial charge on any atom is -0.756 e. The molecule has 0 radical (unpaired) electrons. The van der Waals surface area contributed by atoms with Gasteiger partial charge in [0.2, 0.25) is 0 Å². The fourth-order valence-electron chi connectivity index (χ4n) is 6.58. The molecular weight excluding hydrogens is 737 g/mol. The summed E-state index contributed by atoms with van der Waals surface area (Å²) in [6, 6.07) is 0. The molecule has 12 nitrogen and oxygen atoms in total. The Hall–Kier alpha value is -1.92. The first kappa shape index (κ1) is 52.1. The fraction of sp³-hybridized carbons (Fsp3) is 0.837. The zero-order valence-corrected chi connectivity index (χ0v) is 36.4. The third-order valence-electron chi connectivity index (χ3n) is 10.1. The average Bonchev–Trinajstić information content (AvgIpc) is 3.40. The second-order valence-corrected chi connectivity index (χ2v) is 17.9. The second kappa shape index (κ2) is 31.1. The number of hydrogen-bond donors (Lipinski definition) is 2. The molecule has 13 heteroatoms. The topological polar surface area (TPSA) is 169 Å². The van der Waals surface area contributed by atoms with Gasteiger partial charge in [0, 0.05) is 31.1 Å². The molecule has 0 heterocycles.